The SMILES string of the molecule is COCc1cccc(F)c1-c1c(O)ccc(Br)c1O. The molecule has 0 bridgehead atoms. The molecule has 19 heavy (non-hydrogen) atoms. The van der Waals surface area contributed by atoms with Crippen molar-refractivity contribution in [1.82, 2.24) is 0 Å². The van der Waals surface area contributed by atoms with Crippen molar-refractivity contribution in [3.05, 3.63) is 46.2 Å². The average molecular weight is 327 g/mol. The zero-order valence-electron chi connectivity index (χ0n) is 10.2. The van der Waals surface area contributed by atoms with Crippen molar-refractivity contribution >= 4 is 15.9 Å². The topological polar surface area (TPSA) is 49.7 Å². The van der Waals surface area contributed by atoms with Gasteiger partial charge in [0.1, 0.15) is 17.3 Å². The lowest BCUT2D eigenvalue weighted by Crippen LogP contribution is -1.96. The molecule has 100 valence electrons. The molecular formula is C14H12BrFO3. The van der Waals surface area contributed by atoms with Crippen LogP contribution in [0.25, 0.3) is 11.1 Å². The summed E-state index contributed by atoms with van der Waals surface area (Å²) in [6.45, 7) is 0.179. The van der Waals surface area contributed by atoms with Crippen LogP contribution in [0.15, 0.2) is 34.8 Å². The average Bonchev–Trinajstić information content (AvgIpc) is 2.38. The lowest BCUT2D eigenvalue weighted by atomic mass is 9.97. The fraction of sp³-hybridized carbons (Fsp3) is 0.143. The van der Waals surface area contributed by atoms with Crippen molar-refractivity contribution in [3.63, 3.8) is 0 Å². The summed E-state index contributed by atoms with van der Waals surface area (Å²) >= 11 is 3.15. The molecule has 2 aromatic carbocycles. The van der Waals surface area contributed by atoms with Gasteiger partial charge in [0.15, 0.2) is 0 Å². The molecule has 0 fully saturated rings. The Kier molecular flexibility index (Phi) is 4.07. The Bertz CT molecular complexity index is 614. The quantitative estimate of drug-likeness (QED) is 0.901. The van der Waals surface area contributed by atoms with Crippen LogP contribution in [0.1, 0.15) is 5.56 Å². The molecule has 0 aliphatic carbocycles. The Balaban J connectivity index is 2.75. The van der Waals surface area contributed by atoms with Gasteiger partial charge in [-0.2, -0.15) is 0 Å². The zero-order valence-corrected chi connectivity index (χ0v) is 11.7. The van der Waals surface area contributed by atoms with E-state index in [9.17, 15) is 14.6 Å². The number of rotatable bonds is 3. The second kappa shape index (κ2) is 5.59. The van der Waals surface area contributed by atoms with Crippen LogP contribution in [0.3, 0.4) is 0 Å². The van der Waals surface area contributed by atoms with Gasteiger partial charge in [-0.3, -0.25) is 0 Å². The first kappa shape index (κ1) is 13.8. The molecule has 0 aliphatic heterocycles. The predicted octanol–water partition coefficient (Wildman–Crippen LogP) is 3.81. The number of phenolic OH excluding ortho intramolecular Hbond substituents is 2. The molecule has 5 heteroatoms. The van der Waals surface area contributed by atoms with E-state index in [0.29, 0.717) is 10.0 Å². The second-order valence-corrected chi connectivity index (χ2v) is 4.85. The summed E-state index contributed by atoms with van der Waals surface area (Å²) in [5.41, 5.74) is 0.742. The Morgan fingerprint density at radius 1 is 1.16 bits per heavy atom. The Morgan fingerprint density at radius 2 is 1.89 bits per heavy atom. The number of ether oxygens (including phenoxy) is 1. The molecule has 0 aliphatic rings. The van der Waals surface area contributed by atoms with Gasteiger partial charge in [-0.05, 0) is 39.7 Å². The van der Waals surface area contributed by atoms with E-state index in [1.807, 2.05) is 0 Å². The van der Waals surface area contributed by atoms with Crippen molar-refractivity contribution in [1.29, 1.82) is 0 Å². The standard InChI is InChI=1S/C14H12BrFO3/c1-19-7-8-3-2-4-10(16)12(8)13-11(17)6-5-9(15)14(13)18/h2-6,17-18H,7H2,1H3. The molecule has 2 aromatic rings. The first-order valence-corrected chi connectivity index (χ1v) is 6.32. The third kappa shape index (κ3) is 2.57. The van der Waals surface area contributed by atoms with Crippen LogP contribution in [-0.4, -0.2) is 17.3 Å². The summed E-state index contributed by atoms with van der Waals surface area (Å²) in [6.07, 6.45) is 0. The Morgan fingerprint density at radius 3 is 2.58 bits per heavy atom. The second-order valence-electron chi connectivity index (χ2n) is 4.00. The molecule has 0 radical (unpaired) electrons. The summed E-state index contributed by atoms with van der Waals surface area (Å²) in [5, 5.41) is 19.9. The maximum absolute atomic E-state index is 14.1. The maximum Gasteiger partial charge on any atom is 0.141 e. The van der Waals surface area contributed by atoms with Crippen molar-refractivity contribution in [2.45, 2.75) is 6.61 Å². The molecule has 2 N–H and O–H groups in total. The van der Waals surface area contributed by atoms with Gasteiger partial charge in [-0.25, -0.2) is 4.39 Å². The lowest BCUT2D eigenvalue weighted by Gasteiger charge is -2.14. The van der Waals surface area contributed by atoms with Crippen LogP contribution in [0, 0.1) is 5.82 Å². The number of hydrogen-bond donors (Lipinski definition) is 2. The number of benzene rings is 2. The highest BCUT2D eigenvalue weighted by Crippen LogP contribution is 2.44. The predicted molar refractivity (Wildman–Crippen MR) is 73.6 cm³/mol. The van der Waals surface area contributed by atoms with E-state index in [4.69, 9.17) is 4.74 Å². The van der Waals surface area contributed by atoms with E-state index in [-0.39, 0.29) is 29.2 Å². The molecule has 0 heterocycles. The molecule has 0 unspecified atom stereocenters. The van der Waals surface area contributed by atoms with Gasteiger partial charge in [0.25, 0.3) is 0 Å². The van der Waals surface area contributed by atoms with Crippen LogP contribution in [0.5, 0.6) is 11.5 Å². The third-order valence-corrected chi connectivity index (χ3v) is 3.40. The van der Waals surface area contributed by atoms with Crippen LogP contribution in [-0.2, 0) is 11.3 Å². The van der Waals surface area contributed by atoms with Crippen LogP contribution in [0.2, 0.25) is 0 Å². The summed E-state index contributed by atoms with van der Waals surface area (Å²) in [4.78, 5) is 0. The van der Waals surface area contributed by atoms with Crippen molar-refractivity contribution in [2.75, 3.05) is 7.11 Å². The van der Waals surface area contributed by atoms with E-state index < -0.39 is 5.82 Å². The number of methoxy groups -OCH3 is 1. The highest BCUT2D eigenvalue weighted by Gasteiger charge is 2.19. The van der Waals surface area contributed by atoms with Crippen LogP contribution < -0.4 is 0 Å². The highest BCUT2D eigenvalue weighted by atomic mass is 79.9. The smallest absolute Gasteiger partial charge is 0.141 e. The Labute approximate surface area is 118 Å². The number of hydrogen-bond acceptors (Lipinski definition) is 3. The van der Waals surface area contributed by atoms with Crippen molar-refractivity contribution < 1.29 is 19.3 Å². The molecule has 3 nitrogen and oxygen atoms in total. The third-order valence-electron chi connectivity index (χ3n) is 2.76. The van der Waals surface area contributed by atoms with E-state index in [1.54, 1.807) is 12.1 Å². The summed E-state index contributed by atoms with van der Waals surface area (Å²) in [5.74, 6) is -0.927. The Hall–Kier alpha value is -1.59. The van der Waals surface area contributed by atoms with E-state index in [0.717, 1.165) is 0 Å². The highest BCUT2D eigenvalue weighted by molar-refractivity contribution is 9.10. The molecule has 0 amide bonds. The molecular weight excluding hydrogens is 315 g/mol. The summed E-state index contributed by atoms with van der Waals surface area (Å²) in [6, 6.07) is 7.39. The lowest BCUT2D eigenvalue weighted by molar-refractivity contribution is 0.185. The van der Waals surface area contributed by atoms with Gasteiger partial charge in [0.2, 0.25) is 0 Å². The van der Waals surface area contributed by atoms with Gasteiger partial charge >= 0.3 is 0 Å². The van der Waals surface area contributed by atoms with E-state index >= 15 is 0 Å². The zero-order chi connectivity index (χ0) is 14.0. The number of halogens is 2. The van der Waals surface area contributed by atoms with E-state index in [2.05, 4.69) is 15.9 Å². The largest absolute Gasteiger partial charge is 0.507 e. The van der Waals surface area contributed by atoms with Gasteiger partial charge in [-0.1, -0.05) is 12.1 Å². The van der Waals surface area contributed by atoms with Crippen molar-refractivity contribution in [3.8, 4) is 22.6 Å². The van der Waals surface area contributed by atoms with Gasteiger partial charge < -0.3 is 14.9 Å². The monoisotopic (exact) mass is 326 g/mol. The van der Waals surface area contributed by atoms with Gasteiger partial charge in [-0.15, -0.1) is 0 Å². The number of aromatic hydroxyl groups is 2. The summed E-state index contributed by atoms with van der Waals surface area (Å²) < 4.78 is 19.5. The molecule has 0 spiro atoms. The van der Waals surface area contributed by atoms with Crippen LogP contribution >= 0.6 is 15.9 Å². The minimum atomic E-state index is -0.529. The molecule has 0 atom stereocenters. The minimum absolute atomic E-state index is 0.0551. The van der Waals surface area contributed by atoms with E-state index in [1.165, 1.54) is 25.3 Å². The van der Waals surface area contributed by atoms with Gasteiger partial charge in [0, 0.05) is 12.7 Å². The molecule has 2 rings (SSSR count). The summed E-state index contributed by atoms with van der Waals surface area (Å²) in [7, 11) is 1.50. The molecule has 0 aromatic heterocycles. The van der Waals surface area contributed by atoms with Gasteiger partial charge in [0.05, 0.1) is 16.6 Å². The fourth-order valence-electron chi connectivity index (χ4n) is 1.93. The minimum Gasteiger partial charge on any atom is -0.507 e. The van der Waals surface area contributed by atoms with Crippen molar-refractivity contribution in [2.24, 2.45) is 0 Å². The first-order chi connectivity index (χ1) is 9.06. The fourth-order valence-corrected chi connectivity index (χ4v) is 2.26. The maximum atomic E-state index is 14.1. The van der Waals surface area contributed by atoms with Crippen LogP contribution in [0.4, 0.5) is 4.39 Å². The normalized spacial score (nSPS) is 10.7. The molecule has 0 saturated heterocycles. The number of phenols is 2. The first-order valence-electron chi connectivity index (χ1n) is 5.53. The molecule has 0 saturated carbocycles.